The van der Waals surface area contributed by atoms with Gasteiger partial charge < -0.3 is 15.4 Å². The molecule has 0 radical (unpaired) electrons. The third-order valence-corrected chi connectivity index (χ3v) is 2.81. The van der Waals surface area contributed by atoms with Gasteiger partial charge >= 0.3 is 5.97 Å². The van der Waals surface area contributed by atoms with E-state index in [9.17, 15) is 9.59 Å². The number of hydrogen-bond acceptors (Lipinski definition) is 5. The molecule has 0 atom stereocenters. The Hall–Kier alpha value is -2.83. The van der Waals surface area contributed by atoms with Crippen molar-refractivity contribution < 1.29 is 14.3 Å². The predicted molar refractivity (Wildman–Crippen MR) is 73.5 cm³/mol. The molecule has 0 spiro atoms. The van der Waals surface area contributed by atoms with Gasteiger partial charge in [0, 0.05) is 18.8 Å². The molecule has 20 heavy (non-hydrogen) atoms. The Bertz CT molecular complexity index is 633. The minimum atomic E-state index is -0.424. The Morgan fingerprint density at radius 2 is 1.95 bits per heavy atom. The summed E-state index contributed by atoms with van der Waals surface area (Å²) in [4.78, 5) is 24.9. The predicted octanol–water partition coefficient (Wildman–Crippen LogP) is 1.06. The number of carbonyl (C=O) groups excluding carboxylic acids is 2. The number of nitrogens with zero attached hydrogens (tertiary/aromatic N) is 2. The van der Waals surface area contributed by atoms with E-state index >= 15 is 0 Å². The molecule has 7 heteroatoms. The highest BCUT2D eigenvalue weighted by molar-refractivity contribution is 6.05. The molecule has 0 bridgehead atoms. The summed E-state index contributed by atoms with van der Waals surface area (Å²) in [5.41, 5.74) is 6.81. The number of nitrogen functional groups attached to an aromatic ring is 1. The first kappa shape index (κ1) is 13.6. The molecule has 0 saturated carbocycles. The van der Waals surface area contributed by atoms with Crippen LogP contribution < -0.4 is 10.6 Å². The lowest BCUT2D eigenvalue weighted by atomic mass is 10.2. The summed E-state index contributed by atoms with van der Waals surface area (Å²) in [6, 6.07) is 7.95. The monoisotopic (exact) mass is 274 g/mol. The van der Waals surface area contributed by atoms with E-state index in [-0.39, 0.29) is 11.7 Å². The van der Waals surface area contributed by atoms with Crippen LogP contribution in [0.15, 0.2) is 30.3 Å². The van der Waals surface area contributed by atoms with Crippen LogP contribution in [0, 0.1) is 0 Å². The molecule has 1 heterocycles. The number of nitrogens with one attached hydrogen (secondary N) is 1. The van der Waals surface area contributed by atoms with Crippen molar-refractivity contribution in [1.82, 2.24) is 10.2 Å². The number of H-pyrrole nitrogens is 1. The van der Waals surface area contributed by atoms with Crippen molar-refractivity contribution in [2.24, 2.45) is 0 Å². The highest BCUT2D eigenvalue weighted by Crippen LogP contribution is 2.17. The van der Waals surface area contributed by atoms with Crippen LogP contribution in [0.2, 0.25) is 0 Å². The summed E-state index contributed by atoms with van der Waals surface area (Å²) in [6.07, 6.45) is 0. The summed E-state index contributed by atoms with van der Waals surface area (Å²) in [5, 5.41) is 6.26. The first-order valence-corrected chi connectivity index (χ1v) is 5.80. The summed E-state index contributed by atoms with van der Waals surface area (Å²) in [5.74, 6) is -0.449. The Labute approximate surface area is 115 Å². The highest BCUT2D eigenvalue weighted by Gasteiger charge is 2.16. The van der Waals surface area contributed by atoms with E-state index in [1.54, 1.807) is 31.3 Å². The van der Waals surface area contributed by atoms with Crippen LogP contribution >= 0.6 is 0 Å². The minimum Gasteiger partial charge on any atom is -0.465 e. The van der Waals surface area contributed by atoms with E-state index in [4.69, 9.17) is 5.73 Å². The van der Waals surface area contributed by atoms with Gasteiger partial charge in [0.1, 0.15) is 11.5 Å². The molecule has 7 nitrogen and oxygen atoms in total. The molecule has 0 aliphatic rings. The Morgan fingerprint density at radius 1 is 1.30 bits per heavy atom. The van der Waals surface area contributed by atoms with Crippen LogP contribution in [0.3, 0.4) is 0 Å². The van der Waals surface area contributed by atoms with E-state index in [1.165, 1.54) is 18.1 Å². The van der Waals surface area contributed by atoms with Gasteiger partial charge in [0.15, 0.2) is 0 Å². The average Bonchev–Trinajstić information content (AvgIpc) is 2.91. The largest absolute Gasteiger partial charge is 0.465 e. The lowest BCUT2D eigenvalue weighted by Crippen LogP contribution is -2.26. The number of esters is 1. The van der Waals surface area contributed by atoms with Crippen molar-refractivity contribution in [2.45, 2.75) is 0 Å². The molecule has 0 saturated heterocycles. The Kier molecular flexibility index (Phi) is 3.69. The molecular formula is C13H14N4O3. The SMILES string of the molecule is COC(=O)c1ccc(N(C)C(=O)c2cc(N)n[nH]2)cc1. The third-order valence-electron chi connectivity index (χ3n) is 2.81. The van der Waals surface area contributed by atoms with Crippen molar-refractivity contribution in [2.75, 3.05) is 24.8 Å². The first-order valence-electron chi connectivity index (χ1n) is 5.80. The van der Waals surface area contributed by atoms with E-state index in [1.807, 2.05) is 0 Å². The number of anilines is 2. The van der Waals surface area contributed by atoms with Gasteiger partial charge in [-0.2, -0.15) is 5.10 Å². The second-order valence-electron chi connectivity index (χ2n) is 4.11. The van der Waals surface area contributed by atoms with Crippen LogP contribution in [-0.4, -0.2) is 36.2 Å². The first-order chi connectivity index (χ1) is 9.52. The van der Waals surface area contributed by atoms with Crippen LogP contribution in [-0.2, 0) is 4.74 Å². The number of rotatable bonds is 3. The van der Waals surface area contributed by atoms with Gasteiger partial charge in [-0.15, -0.1) is 0 Å². The third kappa shape index (κ3) is 2.61. The van der Waals surface area contributed by atoms with Crippen molar-refractivity contribution >= 4 is 23.4 Å². The van der Waals surface area contributed by atoms with Crippen molar-refractivity contribution in [3.8, 4) is 0 Å². The van der Waals surface area contributed by atoms with Gasteiger partial charge in [-0.3, -0.25) is 9.89 Å². The van der Waals surface area contributed by atoms with E-state index < -0.39 is 5.97 Å². The molecule has 104 valence electrons. The number of amides is 1. The highest BCUT2D eigenvalue weighted by atomic mass is 16.5. The van der Waals surface area contributed by atoms with Crippen LogP contribution in [0.4, 0.5) is 11.5 Å². The maximum absolute atomic E-state index is 12.1. The summed E-state index contributed by atoms with van der Waals surface area (Å²) in [7, 11) is 2.93. The molecule has 2 rings (SSSR count). The maximum Gasteiger partial charge on any atom is 0.337 e. The normalized spacial score (nSPS) is 10.1. The second kappa shape index (κ2) is 5.43. The summed E-state index contributed by atoms with van der Waals surface area (Å²) in [6.45, 7) is 0. The number of hydrogen-bond donors (Lipinski definition) is 2. The molecule has 0 aliphatic carbocycles. The van der Waals surface area contributed by atoms with Gasteiger partial charge in [-0.1, -0.05) is 0 Å². The molecule has 0 aliphatic heterocycles. The number of methoxy groups -OCH3 is 1. The van der Waals surface area contributed by atoms with Gasteiger partial charge in [0.2, 0.25) is 0 Å². The fourth-order valence-corrected chi connectivity index (χ4v) is 1.68. The topological polar surface area (TPSA) is 101 Å². The zero-order chi connectivity index (χ0) is 14.7. The number of ether oxygens (including phenoxy) is 1. The average molecular weight is 274 g/mol. The fraction of sp³-hybridized carbons (Fsp3) is 0.154. The Balaban J connectivity index is 2.19. The molecule has 1 amide bonds. The van der Waals surface area contributed by atoms with Gasteiger partial charge in [0.05, 0.1) is 12.7 Å². The molecule has 0 unspecified atom stereocenters. The molecular weight excluding hydrogens is 260 g/mol. The van der Waals surface area contributed by atoms with Gasteiger partial charge in [0.25, 0.3) is 5.91 Å². The summed E-state index contributed by atoms with van der Waals surface area (Å²) >= 11 is 0. The summed E-state index contributed by atoms with van der Waals surface area (Å²) < 4.78 is 4.61. The number of aromatic nitrogens is 2. The number of benzene rings is 1. The van der Waals surface area contributed by atoms with E-state index in [2.05, 4.69) is 14.9 Å². The molecule has 3 N–H and O–H groups in total. The smallest absolute Gasteiger partial charge is 0.337 e. The second-order valence-corrected chi connectivity index (χ2v) is 4.11. The van der Waals surface area contributed by atoms with Crippen LogP contribution in [0.25, 0.3) is 0 Å². The van der Waals surface area contributed by atoms with Crippen molar-refractivity contribution in [3.63, 3.8) is 0 Å². The van der Waals surface area contributed by atoms with Gasteiger partial charge in [-0.05, 0) is 24.3 Å². The maximum atomic E-state index is 12.1. The molecule has 0 fully saturated rings. The standard InChI is InChI=1S/C13H14N4O3/c1-17(12(18)10-7-11(14)16-15-10)9-5-3-8(4-6-9)13(19)20-2/h3-7H,1-2H3,(H3,14,15,16). The molecule has 2 aromatic rings. The van der Waals surface area contributed by atoms with E-state index in [0.29, 0.717) is 16.9 Å². The lowest BCUT2D eigenvalue weighted by molar-refractivity contribution is 0.0600. The zero-order valence-corrected chi connectivity index (χ0v) is 11.1. The van der Waals surface area contributed by atoms with Crippen molar-refractivity contribution in [3.05, 3.63) is 41.6 Å². The van der Waals surface area contributed by atoms with Gasteiger partial charge in [-0.25, -0.2) is 4.79 Å². The zero-order valence-electron chi connectivity index (χ0n) is 11.1. The number of nitrogens with two attached hydrogens (primary N) is 1. The van der Waals surface area contributed by atoms with Crippen molar-refractivity contribution in [1.29, 1.82) is 0 Å². The number of carbonyl (C=O) groups is 2. The molecule has 1 aromatic heterocycles. The fourth-order valence-electron chi connectivity index (χ4n) is 1.68. The van der Waals surface area contributed by atoms with Crippen LogP contribution in [0.1, 0.15) is 20.8 Å². The van der Waals surface area contributed by atoms with Crippen LogP contribution in [0.5, 0.6) is 0 Å². The Morgan fingerprint density at radius 3 is 2.45 bits per heavy atom. The lowest BCUT2D eigenvalue weighted by Gasteiger charge is -2.16. The number of aromatic amines is 1. The molecule has 1 aromatic carbocycles. The minimum absolute atomic E-state index is 0.253. The quantitative estimate of drug-likeness (QED) is 0.815. The van der Waals surface area contributed by atoms with E-state index in [0.717, 1.165) is 0 Å².